The lowest BCUT2D eigenvalue weighted by molar-refractivity contribution is -0.0786. The normalized spacial score (nSPS) is 29.3. The molecule has 4 atom stereocenters. The number of aliphatic hydroxyl groups is 3. The molecule has 3 rings (SSSR count). The lowest BCUT2D eigenvalue weighted by Gasteiger charge is -2.34. The van der Waals surface area contributed by atoms with E-state index in [9.17, 15) is 15.3 Å². The van der Waals surface area contributed by atoms with E-state index in [1.165, 1.54) is 11.8 Å². The molecule has 2 aromatic rings. The van der Waals surface area contributed by atoms with Gasteiger partial charge in [-0.05, 0) is 17.5 Å². The van der Waals surface area contributed by atoms with E-state index in [0.29, 0.717) is 11.5 Å². The molecule has 5 nitrogen and oxygen atoms in total. The Bertz CT molecular complexity index is 592. The number of hydrogen-bond acceptors (Lipinski definition) is 7. The molecule has 0 radical (unpaired) electrons. The van der Waals surface area contributed by atoms with Gasteiger partial charge in [0.05, 0.1) is 12.3 Å². The molecule has 0 bridgehead atoms. The summed E-state index contributed by atoms with van der Waals surface area (Å²) in [6, 6.07) is 5.81. The topological polar surface area (TPSA) is 82.8 Å². The molecule has 0 aliphatic carbocycles. The van der Waals surface area contributed by atoms with Crippen molar-refractivity contribution in [1.29, 1.82) is 0 Å². The summed E-state index contributed by atoms with van der Waals surface area (Å²) < 4.78 is 5.71. The third kappa shape index (κ3) is 3.22. The Labute approximate surface area is 130 Å². The summed E-state index contributed by atoms with van der Waals surface area (Å²) in [7, 11) is 0. The predicted octanol–water partition coefficient (Wildman–Crippen LogP) is 1.34. The molecule has 1 aliphatic heterocycles. The van der Waals surface area contributed by atoms with Crippen molar-refractivity contribution in [3.8, 4) is 16.2 Å². The summed E-state index contributed by atoms with van der Waals surface area (Å²) in [5, 5.41) is 31.1. The second-order valence-corrected chi connectivity index (χ2v) is 6.83. The maximum Gasteiger partial charge on any atom is 0.173 e. The number of thioether (sulfide) groups is 1. The number of rotatable bonds is 3. The fourth-order valence-electron chi connectivity index (χ4n) is 2.08. The quantitative estimate of drug-likeness (QED) is 0.790. The van der Waals surface area contributed by atoms with E-state index in [2.05, 4.69) is 4.98 Å². The summed E-state index contributed by atoms with van der Waals surface area (Å²) >= 11 is 2.88. The Kier molecular flexibility index (Phi) is 4.46. The van der Waals surface area contributed by atoms with Crippen LogP contribution in [0.15, 0.2) is 36.0 Å². The van der Waals surface area contributed by atoms with E-state index < -0.39 is 23.7 Å². The van der Waals surface area contributed by atoms with Gasteiger partial charge in [-0.15, -0.1) is 23.1 Å². The molecule has 7 heteroatoms. The maximum absolute atomic E-state index is 9.95. The van der Waals surface area contributed by atoms with Crippen LogP contribution in [0.1, 0.15) is 0 Å². The second kappa shape index (κ2) is 6.33. The Morgan fingerprint density at radius 2 is 2.05 bits per heavy atom. The molecule has 0 aromatic carbocycles. The monoisotopic (exact) mass is 325 g/mol. The van der Waals surface area contributed by atoms with Crippen LogP contribution in [-0.2, 0) is 0 Å². The number of aromatic nitrogens is 1. The van der Waals surface area contributed by atoms with Crippen molar-refractivity contribution in [1.82, 2.24) is 4.98 Å². The first-order valence-corrected chi connectivity index (χ1v) is 8.39. The second-order valence-electron chi connectivity index (χ2n) is 4.75. The van der Waals surface area contributed by atoms with Crippen LogP contribution < -0.4 is 4.74 Å². The minimum Gasteiger partial charge on any atom is -0.475 e. The highest BCUT2D eigenvalue weighted by molar-refractivity contribution is 7.99. The zero-order valence-electron chi connectivity index (χ0n) is 11.0. The van der Waals surface area contributed by atoms with Gasteiger partial charge >= 0.3 is 0 Å². The van der Waals surface area contributed by atoms with E-state index in [-0.39, 0.29) is 0 Å². The largest absolute Gasteiger partial charge is 0.475 e. The molecule has 21 heavy (non-hydrogen) atoms. The average Bonchev–Trinajstić information content (AvgIpc) is 3.03. The molecular weight excluding hydrogens is 310 g/mol. The van der Waals surface area contributed by atoms with Crippen molar-refractivity contribution in [3.05, 3.63) is 36.0 Å². The lowest BCUT2D eigenvalue weighted by atomic mass is 10.1. The zero-order valence-corrected chi connectivity index (χ0v) is 12.6. The smallest absolute Gasteiger partial charge is 0.173 e. The predicted molar refractivity (Wildman–Crippen MR) is 82.4 cm³/mol. The molecule has 112 valence electrons. The van der Waals surface area contributed by atoms with Gasteiger partial charge in [-0.25, -0.2) is 0 Å². The van der Waals surface area contributed by atoms with Crippen LogP contribution in [0.25, 0.3) is 10.4 Å². The number of hydrogen-bond donors (Lipinski definition) is 3. The first kappa shape index (κ1) is 14.8. The molecule has 0 unspecified atom stereocenters. The molecule has 0 saturated carbocycles. The van der Waals surface area contributed by atoms with Crippen LogP contribution in [0.3, 0.4) is 0 Å². The molecule has 3 N–H and O–H groups in total. The van der Waals surface area contributed by atoms with E-state index >= 15 is 0 Å². The molecule has 1 saturated heterocycles. The number of thiophene rings is 1. The van der Waals surface area contributed by atoms with Crippen LogP contribution in [0.2, 0.25) is 0 Å². The fraction of sp³-hybridized carbons (Fsp3) is 0.357. The van der Waals surface area contributed by atoms with Crippen molar-refractivity contribution in [2.45, 2.75) is 23.7 Å². The van der Waals surface area contributed by atoms with Crippen molar-refractivity contribution >= 4 is 23.1 Å². The van der Waals surface area contributed by atoms with E-state index in [4.69, 9.17) is 4.74 Å². The van der Waals surface area contributed by atoms with Crippen molar-refractivity contribution in [3.63, 3.8) is 0 Å². The Morgan fingerprint density at radius 1 is 1.19 bits per heavy atom. The van der Waals surface area contributed by atoms with Gasteiger partial charge in [0.15, 0.2) is 5.44 Å². The van der Waals surface area contributed by atoms with Gasteiger partial charge in [0, 0.05) is 22.4 Å². The van der Waals surface area contributed by atoms with Gasteiger partial charge < -0.3 is 20.1 Å². The lowest BCUT2D eigenvalue weighted by Crippen LogP contribution is -2.50. The maximum atomic E-state index is 9.95. The van der Waals surface area contributed by atoms with E-state index in [0.717, 1.165) is 10.4 Å². The fourth-order valence-corrected chi connectivity index (χ4v) is 3.91. The summed E-state index contributed by atoms with van der Waals surface area (Å²) in [5.74, 6) is 0.849. The molecule has 0 spiro atoms. The highest BCUT2D eigenvalue weighted by atomic mass is 32.2. The average molecular weight is 325 g/mol. The molecular formula is C14H15NO4S2. The third-order valence-electron chi connectivity index (χ3n) is 3.23. The highest BCUT2D eigenvalue weighted by Crippen LogP contribution is 2.31. The van der Waals surface area contributed by atoms with Gasteiger partial charge in [-0.3, -0.25) is 4.98 Å². The molecule has 1 fully saturated rings. The Hall–Kier alpha value is -1.12. The van der Waals surface area contributed by atoms with Crippen molar-refractivity contribution in [2.24, 2.45) is 0 Å². The Balaban J connectivity index is 1.75. The van der Waals surface area contributed by atoms with Gasteiger partial charge in [-0.1, -0.05) is 6.07 Å². The molecule has 0 amide bonds. The van der Waals surface area contributed by atoms with E-state index in [1.807, 2.05) is 23.6 Å². The molecule has 3 heterocycles. The minimum atomic E-state index is -1.19. The summed E-state index contributed by atoms with van der Waals surface area (Å²) in [5.41, 5.74) is 0.321. The number of pyridine rings is 1. The van der Waals surface area contributed by atoms with Gasteiger partial charge in [0.1, 0.15) is 18.0 Å². The SMILES string of the molecule is O[C@@H]1[C@@H](O)[C@H](Oc2cncc(-c3cccs3)c2)SC[C@H]1O. The Morgan fingerprint density at radius 3 is 2.81 bits per heavy atom. The molecule has 2 aromatic heterocycles. The summed E-state index contributed by atoms with van der Waals surface area (Å²) in [6.45, 7) is 0. The van der Waals surface area contributed by atoms with Crippen molar-refractivity contribution in [2.75, 3.05) is 5.75 Å². The minimum absolute atomic E-state index is 0.320. The van der Waals surface area contributed by atoms with Gasteiger partial charge in [-0.2, -0.15) is 0 Å². The highest BCUT2D eigenvalue weighted by Gasteiger charge is 2.38. The standard InChI is InChI=1S/C14H15NO4S2/c16-10-7-21-14(13(18)12(10)17)19-9-4-8(5-15-6-9)11-2-1-3-20-11/h1-6,10,12-14,16-18H,7H2/t10-,12+,13-,14-/m1/s1. The van der Waals surface area contributed by atoms with Crippen LogP contribution >= 0.6 is 23.1 Å². The number of ether oxygens (including phenoxy) is 1. The van der Waals surface area contributed by atoms with Crippen LogP contribution in [0, 0.1) is 0 Å². The third-order valence-corrected chi connectivity index (χ3v) is 5.38. The number of aliphatic hydroxyl groups excluding tert-OH is 3. The summed E-state index contributed by atoms with van der Waals surface area (Å²) in [4.78, 5) is 5.23. The van der Waals surface area contributed by atoms with Crippen LogP contribution in [-0.4, -0.2) is 49.8 Å². The first-order valence-electron chi connectivity index (χ1n) is 6.46. The van der Waals surface area contributed by atoms with Gasteiger partial charge in [0.2, 0.25) is 0 Å². The van der Waals surface area contributed by atoms with Crippen LogP contribution in [0.5, 0.6) is 5.75 Å². The summed E-state index contributed by atoms with van der Waals surface area (Å²) in [6.07, 6.45) is 0.0676. The number of nitrogens with zero attached hydrogens (tertiary/aromatic N) is 1. The van der Waals surface area contributed by atoms with Crippen LogP contribution in [0.4, 0.5) is 0 Å². The van der Waals surface area contributed by atoms with Gasteiger partial charge in [0.25, 0.3) is 0 Å². The first-order chi connectivity index (χ1) is 10.1. The van der Waals surface area contributed by atoms with E-state index in [1.54, 1.807) is 23.7 Å². The molecule has 1 aliphatic rings. The zero-order chi connectivity index (χ0) is 14.8. The van der Waals surface area contributed by atoms with Crippen molar-refractivity contribution < 1.29 is 20.1 Å².